The van der Waals surface area contributed by atoms with Crippen molar-refractivity contribution in [2.75, 3.05) is 26.4 Å². The van der Waals surface area contributed by atoms with Gasteiger partial charge in [0, 0.05) is 29.2 Å². The van der Waals surface area contributed by atoms with Crippen LogP contribution in [0.1, 0.15) is 49.2 Å². The van der Waals surface area contributed by atoms with E-state index in [4.69, 9.17) is 14.6 Å². The van der Waals surface area contributed by atoms with E-state index >= 15 is 0 Å². The first-order valence-corrected chi connectivity index (χ1v) is 12.0. The normalized spacial score (nSPS) is 18.2. The highest BCUT2D eigenvalue weighted by molar-refractivity contribution is 5.85. The number of aromatic amines is 1. The molecule has 2 N–H and O–H groups in total. The molecule has 0 radical (unpaired) electrons. The van der Waals surface area contributed by atoms with Gasteiger partial charge in [-0.05, 0) is 56.4 Å². The lowest BCUT2D eigenvalue weighted by molar-refractivity contribution is -0.142. The maximum Gasteiger partial charge on any atom is 0.329 e. The molecule has 35 heavy (non-hydrogen) atoms. The zero-order valence-corrected chi connectivity index (χ0v) is 19.8. The fraction of sp³-hybridized carbons (Fsp3) is 0.462. The summed E-state index contributed by atoms with van der Waals surface area (Å²) in [7, 11) is 0. The Bertz CT molecular complexity index is 1120. The molecule has 1 aromatic carbocycles. The van der Waals surface area contributed by atoms with Crippen molar-refractivity contribution in [1.82, 2.24) is 14.9 Å². The molecule has 2 aromatic heterocycles. The zero-order valence-electron chi connectivity index (χ0n) is 19.8. The summed E-state index contributed by atoms with van der Waals surface area (Å²) in [6.45, 7) is 2.31. The van der Waals surface area contributed by atoms with Crippen molar-refractivity contribution in [1.29, 1.82) is 0 Å². The van der Waals surface area contributed by atoms with Gasteiger partial charge in [0.05, 0.1) is 31.1 Å². The summed E-state index contributed by atoms with van der Waals surface area (Å²) in [5, 5.41) is 9.67. The van der Waals surface area contributed by atoms with E-state index in [1.54, 1.807) is 6.20 Å². The summed E-state index contributed by atoms with van der Waals surface area (Å²) in [5.74, 6) is -0.345. The Hall–Kier alpha value is -3.04. The number of hydrogen-bond acceptors (Lipinski definition) is 5. The standard InChI is InChI=1S/C26H31F2N3O4/c1-17-13-20-19-7-3-4-8-21(19)30-25(20)26(31(17)15-23(27)28)22-10-9-18(14-29-22)35-12-6-2-5-11-34-16-24(32)33/h3-4,7-10,14,17,23,26,30H,2,5-6,11-13,15-16H2,1H3,(H,32,33)/t17-,26-/m1/s1. The third-order valence-corrected chi connectivity index (χ3v) is 6.33. The van der Waals surface area contributed by atoms with E-state index in [0.29, 0.717) is 31.1 Å². The third-order valence-electron chi connectivity index (χ3n) is 6.33. The van der Waals surface area contributed by atoms with Gasteiger partial charge < -0.3 is 19.6 Å². The van der Waals surface area contributed by atoms with Crippen molar-refractivity contribution in [2.24, 2.45) is 0 Å². The summed E-state index contributed by atoms with van der Waals surface area (Å²) in [6.07, 6.45) is 2.33. The van der Waals surface area contributed by atoms with Gasteiger partial charge in [-0.3, -0.25) is 9.88 Å². The van der Waals surface area contributed by atoms with Crippen LogP contribution in [0.2, 0.25) is 0 Å². The Morgan fingerprint density at radius 3 is 2.74 bits per heavy atom. The van der Waals surface area contributed by atoms with Crippen LogP contribution in [0.4, 0.5) is 8.78 Å². The number of rotatable bonds is 12. The molecular weight excluding hydrogens is 456 g/mol. The number of carboxylic acids is 1. The molecule has 2 atom stereocenters. The number of benzene rings is 1. The van der Waals surface area contributed by atoms with E-state index < -0.39 is 18.4 Å². The minimum Gasteiger partial charge on any atom is -0.492 e. The van der Waals surface area contributed by atoms with Crippen molar-refractivity contribution in [3.8, 4) is 5.75 Å². The molecule has 0 amide bonds. The summed E-state index contributed by atoms with van der Waals surface area (Å²) >= 11 is 0. The van der Waals surface area contributed by atoms with Crippen LogP contribution in [-0.2, 0) is 16.0 Å². The van der Waals surface area contributed by atoms with Crippen LogP contribution in [0.15, 0.2) is 42.6 Å². The zero-order chi connectivity index (χ0) is 24.8. The van der Waals surface area contributed by atoms with E-state index in [1.807, 2.05) is 42.2 Å². The lowest BCUT2D eigenvalue weighted by Gasteiger charge is -2.40. The van der Waals surface area contributed by atoms with Crippen molar-refractivity contribution in [3.63, 3.8) is 0 Å². The number of fused-ring (bicyclic) bond motifs is 3. The number of halogens is 2. The van der Waals surface area contributed by atoms with Crippen LogP contribution < -0.4 is 4.74 Å². The Morgan fingerprint density at radius 2 is 2.00 bits per heavy atom. The van der Waals surface area contributed by atoms with Gasteiger partial charge in [0.2, 0.25) is 0 Å². The molecule has 0 bridgehead atoms. The number of pyridine rings is 1. The van der Waals surface area contributed by atoms with Crippen LogP contribution >= 0.6 is 0 Å². The molecule has 1 aliphatic rings. The molecule has 3 heterocycles. The van der Waals surface area contributed by atoms with Crippen LogP contribution in [0, 0.1) is 0 Å². The first-order chi connectivity index (χ1) is 16.9. The Kier molecular flexibility index (Phi) is 8.30. The molecule has 0 saturated carbocycles. The molecule has 188 valence electrons. The quantitative estimate of drug-likeness (QED) is 0.357. The second-order valence-electron chi connectivity index (χ2n) is 8.88. The predicted molar refractivity (Wildman–Crippen MR) is 128 cm³/mol. The number of hydrogen-bond donors (Lipinski definition) is 2. The molecule has 0 unspecified atom stereocenters. The summed E-state index contributed by atoms with van der Waals surface area (Å²) in [4.78, 5) is 20.3. The molecule has 0 fully saturated rings. The number of ether oxygens (including phenoxy) is 2. The van der Waals surface area contributed by atoms with Crippen LogP contribution in [0.25, 0.3) is 10.9 Å². The van der Waals surface area contributed by atoms with Gasteiger partial charge in [0.25, 0.3) is 6.43 Å². The average Bonchev–Trinajstić information content (AvgIpc) is 3.19. The van der Waals surface area contributed by atoms with E-state index in [0.717, 1.165) is 41.4 Å². The maximum absolute atomic E-state index is 13.5. The number of carboxylic acid groups (broad SMARTS) is 1. The number of H-pyrrole nitrogens is 1. The highest BCUT2D eigenvalue weighted by Crippen LogP contribution is 2.40. The number of nitrogens with one attached hydrogen (secondary N) is 1. The summed E-state index contributed by atoms with van der Waals surface area (Å²) in [5.41, 5.74) is 3.80. The highest BCUT2D eigenvalue weighted by Gasteiger charge is 2.37. The smallest absolute Gasteiger partial charge is 0.329 e. The first kappa shape index (κ1) is 25.1. The molecule has 3 aromatic rings. The first-order valence-electron chi connectivity index (χ1n) is 12.0. The minimum atomic E-state index is -2.44. The van der Waals surface area contributed by atoms with Crippen molar-refractivity contribution in [3.05, 3.63) is 59.5 Å². The largest absolute Gasteiger partial charge is 0.492 e. The number of carbonyl (C=O) groups is 1. The topological polar surface area (TPSA) is 87.7 Å². The van der Waals surface area contributed by atoms with E-state index in [9.17, 15) is 13.6 Å². The number of unbranched alkanes of at least 4 members (excludes halogenated alkanes) is 2. The lowest BCUT2D eigenvalue weighted by atomic mass is 9.90. The van der Waals surface area contributed by atoms with E-state index in [-0.39, 0.29) is 19.2 Å². The number of nitrogens with zero attached hydrogens (tertiary/aromatic N) is 2. The highest BCUT2D eigenvalue weighted by atomic mass is 19.3. The fourth-order valence-corrected chi connectivity index (χ4v) is 4.74. The number of aromatic nitrogens is 2. The second-order valence-corrected chi connectivity index (χ2v) is 8.88. The number of para-hydroxylation sites is 1. The molecule has 4 rings (SSSR count). The van der Waals surface area contributed by atoms with Gasteiger partial charge in [0.1, 0.15) is 12.4 Å². The summed E-state index contributed by atoms with van der Waals surface area (Å²) < 4.78 is 37.8. The molecular formula is C26H31F2N3O4. The van der Waals surface area contributed by atoms with Crippen LogP contribution in [-0.4, -0.2) is 64.8 Å². The Labute approximate surface area is 203 Å². The van der Waals surface area contributed by atoms with Gasteiger partial charge in [-0.1, -0.05) is 18.2 Å². The predicted octanol–water partition coefficient (Wildman–Crippen LogP) is 4.81. The Morgan fingerprint density at radius 1 is 1.20 bits per heavy atom. The SMILES string of the molecule is C[C@@H]1Cc2c([nH]c3ccccc23)[C@@H](c2ccc(OCCCCCOCC(=O)O)cn2)N1CC(F)F. The van der Waals surface area contributed by atoms with Gasteiger partial charge in [-0.15, -0.1) is 0 Å². The van der Waals surface area contributed by atoms with E-state index in [2.05, 4.69) is 16.0 Å². The monoisotopic (exact) mass is 487 g/mol. The summed E-state index contributed by atoms with van der Waals surface area (Å²) in [6, 6.07) is 11.3. The van der Waals surface area contributed by atoms with Gasteiger partial charge in [-0.2, -0.15) is 0 Å². The van der Waals surface area contributed by atoms with Crippen molar-refractivity contribution < 1.29 is 28.2 Å². The number of alkyl halides is 2. The van der Waals surface area contributed by atoms with Crippen LogP contribution in [0.3, 0.4) is 0 Å². The average molecular weight is 488 g/mol. The number of aliphatic carboxylic acids is 1. The molecule has 9 heteroatoms. The van der Waals surface area contributed by atoms with Crippen molar-refractivity contribution >= 4 is 16.9 Å². The molecule has 0 saturated heterocycles. The second kappa shape index (κ2) is 11.6. The van der Waals surface area contributed by atoms with Crippen LogP contribution in [0.5, 0.6) is 5.75 Å². The lowest BCUT2D eigenvalue weighted by Crippen LogP contribution is -2.45. The van der Waals surface area contributed by atoms with Gasteiger partial charge in [-0.25, -0.2) is 13.6 Å². The third kappa shape index (κ3) is 6.15. The molecule has 1 aliphatic heterocycles. The maximum atomic E-state index is 13.5. The molecule has 0 spiro atoms. The van der Waals surface area contributed by atoms with E-state index in [1.165, 1.54) is 0 Å². The molecule has 7 nitrogen and oxygen atoms in total. The fourth-order valence-electron chi connectivity index (χ4n) is 4.74. The van der Waals surface area contributed by atoms with Gasteiger partial charge in [0.15, 0.2) is 0 Å². The van der Waals surface area contributed by atoms with Gasteiger partial charge >= 0.3 is 5.97 Å². The Balaban J connectivity index is 1.43. The van der Waals surface area contributed by atoms with Crippen molar-refractivity contribution in [2.45, 2.75) is 51.1 Å². The molecule has 0 aliphatic carbocycles. The minimum absolute atomic E-state index is 0.0575.